The molecule has 94 valence electrons. The van der Waals surface area contributed by atoms with Crippen molar-refractivity contribution in [1.82, 2.24) is 0 Å². The summed E-state index contributed by atoms with van der Waals surface area (Å²) in [7, 11) is 0. The minimum absolute atomic E-state index is 0.390. The Morgan fingerprint density at radius 3 is 2.06 bits per heavy atom. The highest BCUT2D eigenvalue weighted by molar-refractivity contribution is 8.21. The molecule has 0 saturated heterocycles. The Morgan fingerprint density at radius 1 is 1.12 bits per heavy atom. The van der Waals surface area contributed by atoms with E-state index in [1.807, 2.05) is 24.6 Å². The number of hydrogen-bond acceptors (Lipinski definition) is 3. The molecule has 0 amide bonds. The molecular formula is C14H20OS2. The fraction of sp³-hybridized carbons (Fsp3) is 0.429. The van der Waals surface area contributed by atoms with E-state index in [0.717, 1.165) is 16.2 Å². The average Bonchev–Trinajstić information content (AvgIpc) is 2.30. The van der Waals surface area contributed by atoms with Crippen LogP contribution >= 0.6 is 23.5 Å². The Kier molecular flexibility index (Phi) is 6.00. The molecule has 1 aromatic rings. The highest BCUT2D eigenvalue weighted by atomic mass is 32.2. The maximum Gasteiger partial charge on any atom is 0.142 e. The van der Waals surface area contributed by atoms with Crippen LogP contribution in [0.5, 0.6) is 0 Å². The zero-order valence-corrected chi connectivity index (χ0v) is 12.5. The van der Waals surface area contributed by atoms with Crippen LogP contribution in [-0.2, 0) is 6.42 Å². The topological polar surface area (TPSA) is 20.2 Å². The number of thioether (sulfide) groups is 2. The molecule has 0 spiro atoms. The van der Waals surface area contributed by atoms with Gasteiger partial charge in [-0.25, -0.2) is 0 Å². The van der Waals surface area contributed by atoms with E-state index >= 15 is 0 Å². The lowest BCUT2D eigenvalue weighted by atomic mass is 10.0. The molecule has 0 radical (unpaired) electrons. The molecule has 0 atom stereocenters. The number of benzene rings is 1. The summed E-state index contributed by atoms with van der Waals surface area (Å²) in [5, 5.41) is 10.1. The Hall–Kier alpha value is -0.540. The van der Waals surface area contributed by atoms with Gasteiger partial charge < -0.3 is 5.11 Å². The van der Waals surface area contributed by atoms with Crippen molar-refractivity contribution in [3.8, 4) is 0 Å². The van der Waals surface area contributed by atoms with Crippen molar-refractivity contribution in [2.75, 3.05) is 12.5 Å². The minimum atomic E-state index is 0.390. The van der Waals surface area contributed by atoms with Gasteiger partial charge in [0, 0.05) is 5.56 Å². The average molecular weight is 268 g/mol. The molecule has 17 heavy (non-hydrogen) atoms. The molecule has 0 aliphatic carbocycles. The Morgan fingerprint density at radius 2 is 1.65 bits per heavy atom. The summed E-state index contributed by atoms with van der Waals surface area (Å²) >= 11 is 3.16. The Bertz CT molecular complexity index is 374. The van der Waals surface area contributed by atoms with E-state index in [9.17, 15) is 5.11 Å². The number of rotatable bonds is 5. The Balaban J connectivity index is 2.90. The second-order valence-corrected chi connectivity index (χ2v) is 6.23. The van der Waals surface area contributed by atoms with Crippen molar-refractivity contribution < 1.29 is 5.11 Å². The molecule has 1 N–H and O–H groups in total. The van der Waals surface area contributed by atoms with Crippen LogP contribution in [0.1, 0.15) is 25.0 Å². The van der Waals surface area contributed by atoms with E-state index in [-0.39, 0.29) is 0 Å². The maximum absolute atomic E-state index is 10.1. The second kappa shape index (κ2) is 7.02. The SMILES string of the molecule is CSC(SC)=C(O)c1ccc(CC(C)C)cc1. The van der Waals surface area contributed by atoms with Crippen molar-refractivity contribution in [3.05, 3.63) is 39.6 Å². The van der Waals surface area contributed by atoms with Gasteiger partial charge in [-0.3, -0.25) is 0 Å². The van der Waals surface area contributed by atoms with E-state index in [1.54, 1.807) is 23.5 Å². The minimum Gasteiger partial charge on any atom is -0.506 e. The molecule has 3 heteroatoms. The van der Waals surface area contributed by atoms with E-state index in [0.29, 0.717) is 11.7 Å². The molecule has 0 bridgehead atoms. The standard InChI is InChI=1S/C14H20OS2/c1-10(2)9-11-5-7-12(8-6-11)13(15)14(16-3)17-4/h5-8,10,15H,9H2,1-4H3. The quantitative estimate of drug-likeness (QED) is 0.775. The second-order valence-electron chi connectivity index (χ2n) is 4.34. The molecule has 1 rings (SSSR count). The first kappa shape index (κ1) is 14.5. The third-order valence-corrected chi connectivity index (χ3v) is 4.56. The maximum atomic E-state index is 10.1. The summed E-state index contributed by atoms with van der Waals surface area (Å²) in [6, 6.07) is 8.20. The van der Waals surface area contributed by atoms with Gasteiger partial charge in [-0.05, 0) is 30.4 Å². The normalized spacial score (nSPS) is 10.6. The number of aliphatic hydroxyl groups is 1. The van der Waals surface area contributed by atoms with Crippen LogP contribution in [0.2, 0.25) is 0 Å². The van der Waals surface area contributed by atoms with Crippen LogP contribution in [0, 0.1) is 5.92 Å². The van der Waals surface area contributed by atoms with Crippen LogP contribution in [0.15, 0.2) is 28.5 Å². The summed E-state index contributed by atoms with van der Waals surface area (Å²) in [5.74, 6) is 1.05. The van der Waals surface area contributed by atoms with Gasteiger partial charge in [0.25, 0.3) is 0 Å². The molecule has 0 heterocycles. The van der Waals surface area contributed by atoms with E-state index in [2.05, 4.69) is 26.0 Å². The van der Waals surface area contributed by atoms with E-state index < -0.39 is 0 Å². The summed E-state index contributed by atoms with van der Waals surface area (Å²) in [6.07, 6.45) is 5.05. The third-order valence-electron chi connectivity index (χ3n) is 2.44. The molecule has 0 saturated carbocycles. The van der Waals surface area contributed by atoms with Gasteiger partial charge in [0.2, 0.25) is 0 Å². The van der Waals surface area contributed by atoms with Crippen molar-refractivity contribution in [2.45, 2.75) is 20.3 Å². The lowest BCUT2D eigenvalue weighted by Crippen LogP contribution is -1.94. The first-order valence-corrected chi connectivity index (χ1v) is 8.14. The molecule has 1 aromatic carbocycles. The van der Waals surface area contributed by atoms with Crippen LogP contribution in [0.3, 0.4) is 0 Å². The Labute approximate surface area is 113 Å². The van der Waals surface area contributed by atoms with Crippen molar-refractivity contribution in [1.29, 1.82) is 0 Å². The van der Waals surface area contributed by atoms with Crippen molar-refractivity contribution in [3.63, 3.8) is 0 Å². The summed E-state index contributed by atoms with van der Waals surface area (Å²) in [5.41, 5.74) is 2.22. The van der Waals surface area contributed by atoms with Crippen LogP contribution in [0.25, 0.3) is 5.76 Å². The molecule has 0 unspecified atom stereocenters. The predicted molar refractivity (Wildman–Crippen MR) is 81.6 cm³/mol. The molecule has 1 nitrogen and oxygen atoms in total. The molecule has 0 fully saturated rings. The molecule has 0 aliphatic heterocycles. The lowest BCUT2D eigenvalue weighted by molar-refractivity contribution is 0.512. The first-order chi connectivity index (χ1) is 8.08. The number of aliphatic hydroxyl groups excluding tert-OH is 1. The molecule has 0 aromatic heterocycles. The molecule has 0 aliphatic rings. The highest BCUT2D eigenvalue weighted by Gasteiger charge is 2.06. The zero-order valence-electron chi connectivity index (χ0n) is 10.9. The fourth-order valence-corrected chi connectivity index (χ4v) is 2.95. The first-order valence-electron chi connectivity index (χ1n) is 5.69. The predicted octanol–water partition coefficient (Wildman–Crippen LogP) is 4.80. The summed E-state index contributed by atoms with van der Waals surface area (Å²) in [6.45, 7) is 4.43. The van der Waals surface area contributed by atoms with E-state index in [4.69, 9.17) is 0 Å². The largest absolute Gasteiger partial charge is 0.506 e. The molecular weight excluding hydrogens is 248 g/mol. The van der Waals surface area contributed by atoms with Crippen LogP contribution in [-0.4, -0.2) is 17.6 Å². The van der Waals surface area contributed by atoms with Gasteiger partial charge in [0.15, 0.2) is 0 Å². The van der Waals surface area contributed by atoms with E-state index in [1.165, 1.54) is 5.56 Å². The third kappa shape index (κ3) is 4.32. The van der Waals surface area contributed by atoms with Crippen molar-refractivity contribution in [2.24, 2.45) is 5.92 Å². The van der Waals surface area contributed by atoms with Gasteiger partial charge in [0.1, 0.15) is 5.76 Å². The smallest absolute Gasteiger partial charge is 0.142 e. The van der Waals surface area contributed by atoms with Gasteiger partial charge in [-0.2, -0.15) is 0 Å². The summed E-state index contributed by atoms with van der Waals surface area (Å²) < 4.78 is 0.960. The van der Waals surface area contributed by atoms with Crippen molar-refractivity contribution >= 4 is 29.3 Å². The van der Waals surface area contributed by atoms with Crippen LogP contribution < -0.4 is 0 Å². The van der Waals surface area contributed by atoms with Gasteiger partial charge >= 0.3 is 0 Å². The van der Waals surface area contributed by atoms with Gasteiger partial charge in [-0.15, -0.1) is 23.5 Å². The zero-order chi connectivity index (χ0) is 12.8. The fourth-order valence-electron chi connectivity index (χ4n) is 1.66. The number of hydrogen-bond donors (Lipinski definition) is 1. The van der Waals surface area contributed by atoms with Crippen LogP contribution in [0.4, 0.5) is 0 Å². The van der Waals surface area contributed by atoms with Gasteiger partial charge in [-0.1, -0.05) is 38.1 Å². The van der Waals surface area contributed by atoms with Gasteiger partial charge in [0.05, 0.1) is 4.24 Å². The lowest BCUT2D eigenvalue weighted by Gasteiger charge is -2.08. The monoisotopic (exact) mass is 268 g/mol. The highest BCUT2D eigenvalue weighted by Crippen LogP contribution is 2.31. The summed E-state index contributed by atoms with van der Waals surface area (Å²) in [4.78, 5) is 0.